The molecule has 5 heteroatoms. The van der Waals surface area contributed by atoms with Gasteiger partial charge in [0.15, 0.2) is 11.6 Å². The molecule has 1 aliphatic rings. The molecule has 0 spiro atoms. The van der Waals surface area contributed by atoms with Crippen molar-refractivity contribution in [1.29, 1.82) is 0 Å². The quantitative estimate of drug-likeness (QED) is 0.607. The highest BCUT2D eigenvalue weighted by molar-refractivity contribution is 6.05. The number of halogens is 1. The number of rotatable bonds is 4. The van der Waals surface area contributed by atoms with Crippen LogP contribution in [0.3, 0.4) is 0 Å². The third kappa shape index (κ3) is 3.44. The summed E-state index contributed by atoms with van der Waals surface area (Å²) in [6.07, 6.45) is 2.75. The smallest absolute Gasteiger partial charge is 0.339 e. The van der Waals surface area contributed by atoms with Crippen LogP contribution in [0.5, 0.6) is 5.75 Å². The minimum Gasteiger partial charge on any atom is -0.494 e. The number of pyridine rings is 1. The average molecular weight is 379 g/mol. The maximum atomic E-state index is 13.9. The zero-order chi connectivity index (χ0) is 19.7. The number of esters is 1. The van der Waals surface area contributed by atoms with E-state index in [1.165, 1.54) is 19.2 Å². The molecular formula is C23H22FNO3. The number of hydrogen-bond donors (Lipinski definition) is 0. The number of ether oxygens (including phenoxy) is 2. The lowest BCUT2D eigenvalue weighted by atomic mass is 9.84. The van der Waals surface area contributed by atoms with E-state index >= 15 is 0 Å². The van der Waals surface area contributed by atoms with Crippen molar-refractivity contribution in [3.8, 4) is 5.75 Å². The molecule has 2 aromatic carbocycles. The average Bonchev–Trinajstić information content (AvgIpc) is 2.70. The van der Waals surface area contributed by atoms with Crippen LogP contribution in [0, 0.1) is 11.7 Å². The number of carbonyl (C=O) groups is 1. The van der Waals surface area contributed by atoms with Gasteiger partial charge in [-0.1, -0.05) is 31.2 Å². The molecule has 1 aromatic heterocycles. The van der Waals surface area contributed by atoms with Crippen molar-refractivity contribution in [3.63, 3.8) is 0 Å². The number of fused-ring (bicyclic) bond motifs is 2. The fourth-order valence-corrected chi connectivity index (χ4v) is 3.82. The van der Waals surface area contributed by atoms with E-state index in [9.17, 15) is 9.18 Å². The summed E-state index contributed by atoms with van der Waals surface area (Å²) in [6.45, 7) is 2.19. The number of para-hydroxylation sites is 1. The molecule has 4 nitrogen and oxygen atoms in total. The highest BCUT2D eigenvalue weighted by Crippen LogP contribution is 2.32. The van der Waals surface area contributed by atoms with E-state index in [1.54, 1.807) is 6.07 Å². The molecule has 28 heavy (non-hydrogen) atoms. The van der Waals surface area contributed by atoms with Gasteiger partial charge in [0, 0.05) is 11.1 Å². The minimum absolute atomic E-state index is 0.000719. The number of aryl methyl sites for hydroxylation is 1. The van der Waals surface area contributed by atoms with Crippen LogP contribution in [0.1, 0.15) is 40.5 Å². The summed E-state index contributed by atoms with van der Waals surface area (Å²) in [6, 6.07) is 12.2. The summed E-state index contributed by atoms with van der Waals surface area (Å²) in [5.74, 6) is -0.201. The summed E-state index contributed by atoms with van der Waals surface area (Å²) in [4.78, 5) is 17.8. The molecule has 0 bridgehead atoms. The van der Waals surface area contributed by atoms with Gasteiger partial charge in [0.2, 0.25) is 0 Å². The first kappa shape index (κ1) is 18.4. The molecule has 0 saturated carbocycles. The van der Waals surface area contributed by atoms with Crippen molar-refractivity contribution in [1.82, 2.24) is 4.98 Å². The maximum Gasteiger partial charge on any atom is 0.339 e. The number of hydrogen-bond acceptors (Lipinski definition) is 4. The Hall–Kier alpha value is -2.95. The van der Waals surface area contributed by atoms with E-state index in [0.29, 0.717) is 17.0 Å². The fourth-order valence-electron chi connectivity index (χ4n) is 3.82. The van der Waals surface area contributed by atoms with Crippen LogP contribution in [-0.4, -0.2) is 18.1 Å². The third-order valence-electron chi connectivity index (χ3n) is 5.30. The van der Waals surface area contributed by atoms with Gasteiger partial charge in [0.1, 0.15) is 6.61 Å². The first-order valence-electron chi connectivity index (χ1n) is 9.47. The Morgan fingerprint density at radius 1 is 1.25 bits per heavy atom. The highest BCUT2D eigenvalue weighted by atomic mass is 19.1. The predicted molar refractivity (Wildman–Crippen MR) is 105 cm³/mol. The molecule has 1 aliphatic carbocycles. The molecule has 0 radical (unpaired) electrons. The van der Waals surface area contributed by atoms with E-state index in [-0.39, 0.29) is 18.3 Å². The summed E-state index contributed by atoms with van der Waals surface area (Å²) in [5.41, 5.74) is 3.95. The van der Waals surface area contributed by atoms with Gasteiger partial charge in [-0.2, -0.15) is 0 Å². The Kier molecular flexibility index (Phi) is 4.99. The lowest BCUT2D eigenvalue weighted by Gasteiger charge is -2.24. The summed E-state index contributed by atoms with van der Waals surface area (Å²) >= 11 is 0. The van der Waals surface area contributed by atoms with Gasteiger partial charge >= 0.3 is 5.97 Å². The first-order chi connectivity index (χ1) is 13.6. The van der Waals surface area contributed by atoms with Gasteiger partial charge in [-0.05, 0) is 54.5 Å². The van der Waals surface area contributed by atoms with Crippen LogP contribution < -0.4 is 4.74 Å². The summed E-state index contributed by atoms with van der Waals surface area (Å²) in [7, 11) is 1.41. The Labute approximate surface area is 163 Å². The monoisotopic (exact) mass is 379 g/mol. The van der Waals surface area contributed by atoms with Gasteiger partial charge in [-0.3, -0.25) is 4.98 Å². The van der Waals surface area contributed by atoms with Gasteiger partial charge in [0.25, 0.3) is 0 Å². The zero-order valence-corrected chi connectivity index (χ0v) is 16.0. The molecule has 0 unspecified atom stereocenters. The third-order valence-corrected chi connectivity index (χ3v) is 5.30. The lowest BCUT2D eigenvalue weighted by Crippen LogP contribution is -2.19. The molecular weight excluding hydrogens is 357 g/mol. The van der Waals surface area contributed by atoms with Gasteiger partial charge in [-0.25, -0.2) is 9.18 Å². The Bertz CT molecular complexity index is 1050. The molecule has 0 N–H and O–H groups in total. The van der Waals surface area contributed by atoms with Crippen molar-refractivity contribution in [3.05, 3.63) is 70.7 Å². The standard InChI is InChI=1S/C23H22FNO3/c1-14-7-9-20-17(11-14)22(16-5-3-4-6-19(16)25-20)23(26)28-13-15-8-10-21(27-2)18(24)12-15/h3-6,8,10,12,14H,7,9,11,13H2,1-2H3/t14-/m1/s1. The second kappa shape index (κ2) is 7.58. The van der Waals surface area contributed by atoms with E-state index in [2.05, 4.69) is 6.92 Å². The van der Waals surface area contributed by atoms with E-state index in [1.807, 2.05) is 24.3 Å². The Balaban J connectivity index is 1.67. The highest BCUT2D eigenvalue weighted by Gasteiger charge is 2.26. The topological polar surface area (TPSA) is 48.4 Å². The van der Waals surface area contributed by atoms with Crippen LogP contribution in [0.2, 0.25) is 0 Å². The molecule has 1 heterocycles. The normalized spacial score (nSPS) is 15.9. The van der Waals surface area contributed by atoms with Crippen LogP contribution >= 0.6 is 0 Å². The molecule has 4 rings (SSSR count). The first-order valence-corrected chi connectivity index (χ1v) is 9.47. The number of nitrogens with zero attached hydrogens (tertiary/aromatic N) is 1. The van der Waals surface area contributed by atoms with Gasteiger partial charge in [-0.15, -0.1) is 0 Å². The van der Waals surface area contributed by atoms with Crippen molar-refractivity contribution in [2.24, 2.45) is 5.92 Å². The van der Waals surface area contributed by atoms with Crippen LogP contribution in [-0.2, 0) is 24.2 Å². The lowest BCUT2D eigenvalue weighted by molar-refractivity contribution is 0.0472. The van der Waals surface area contributed by atoms with Crippen molar-refractivity contribution in [2.75, 3.05) is 7.11 Å². The molecule has 3 aromatic rings. The Morgan fingerprint density at radius 3 is 2.86 bits per heavy atom. The molecule has 0 saturated heterocycles. The van der Waals surface area contributed by atoms with E-state index in [4.69, 9.17) is 14.5 Å². The summed E-state index contributed by atoms with van der Waals surface area (Å²) < 4.78 is 24.4. The van der Waals surface area contributed by atoms with Crippen LogP contribution in [0.4, 0.5) is 4.39 Å². The number of aromatic nitrogens is 1. The molecule has 1 atom stereocenters. The van der Waals surface area contributed by atoms with E-state index < -0.39 is 5.82 Å². The molecule has 0 amide bonds. The Morgan fingerprint density at radius 2 is 2.07 bits per heavy atom. The minimum atomic E-state index is -0.475. The number of methoxy groups -OCH3 is 1. The molecule has 0 aliphatic heterocycles. The predicted octanol–water partition coefficient (Wildman–Crippen LogP) is 4.86. The van der Waals surface area contributed by atoms with Crippen LogP contribution in [0.25, 0.3) is 10.9 Å². The number of carbonyl (C=O) groups excluding carboxylic acids is 1. The zero-order valence-electron chi connectivity index (χ0n) is 16.0. The molecule has 144 valence electrons. The largest absolute Gasteiger partial charge is 0.494 e. The second-order valence-corrected chi connectivity index (χ2v) is 7.32. The van der Waals surface area contributed by atoms with Crippen molar-refractivity contribution in [2.45, 2.75) is 32.8 Å². The van der Waals surface area contributed by atoms with Gasteiger partial charge in [0.05, 0.1) is 18.2 Å². The fraction of sp³-hybridized carbons (Fsp3) is 0.304. The van der Waals surface area contributed by atoms with Crippen LogP contribution in [0.15, 0.2) is 42.5 Å². The van der Waals surface area contributed by atoms with Gasteiger partial charge < -0.3 is 9.47 Å². The van der Waals surface area contributed by atoms with Crippen molar-refractivity contribution < 1.29 is 18.7 Å². The SMILES string of the molecule is COc1ccc(COC(=O)c2c3c(nc4ccccc24)CC[C@@H](C)C3)cc1F. The summed E-state index contributed by atoms with van der Waals surface area (Å²) in [5, 5.41) is 0.807. The number of benzene rings is 2. The molecule has 0 fully saturated rings. The second-order valence-electron chi connectivity index (χ2n) is 7.32. The maximum absolute atomic E-state index is 13.9. The van der Waals surface area contributed by atoms with Crippen molar-refractivity contribution >= 4 is 16.9 Å². The van der Waals surface area contributed by atoms with E-state index in [0.717, 1.165) is 41.4 Å².